The number of nitrogens with zero attached hydrogens (tertiary/aromatic N) is 2. The maximum atomic E-state index is 9.00. The molecule has 0 saturated carbocycles. The quantitative estimate of drug-likeness (QED) is 0.756. The largest absolute Gasteiger partial charge is 0.492 e. The fourth-order valence-electron chi connectivity index (χ4n) is 2.10. The van der Waals surface area contributed by atoms with Crippen molar-refractivity contribution in [3.05, 3.63) is 59.7 Å². The molecule has 0 amide bonds. The maximum Gasteiger partial charge on any atom is 0.137 e. The monoisotopic (exact) mass is 280 g/mol. The summed E-state index contributed by atoms with van der Waals surface area (Å²) >= 11 is 0. The van der Waals surface area contributed by atoms with Crippen molar-refractivity contribution in [2.45, 2.75) is 13.3 Å². The van der Waals surface area contributed by atoms with Crippen LogP contribution in [0.25, 0.3) is 0 Å². The van der Waals surface area contributed by atoms with Crippen molar-refractivity contribution in [2.24, 2.45) is 0 Å². The average Bonchev–Trinajstić information content (AvgIpc) is 2.52. The third-order valence-corrected chi connectivity index (χ3v) is 3.38. The Hall–Kier alpha value is -2.47. The van der Waals surface area contributed by atoms with E-state index in [4.69, 9.17) is 10.00 Å². The van der Waals surface area contributed by atoms with Crippen LogP contribution in [0, 0.1) is 18.3 Å². The van der Waals surface area contributed by atoms with E-state index in [1.54, 1.807) is 6.07 Å². The van der Waals surface area contributed by atoms with E-state index in [2.05, 4.69) is 49.2 Å². The Kier molecular flexibility index (Phi) is 5.22. The van der Waals surface area contributed by atoms with Crippen LogP contribution in [0.3, 0.4) is 0 Å². The number of ether oxygens (including phenoxy) is 1. The SMILES string of the molecule is Cc1ccc(N(C)CCCOc2ccccc2C#N)cc1. The van der Waals surface area contributed by atoms with Gasteiger partial charge in [-0.2, -0.15) is 5.26 Å². The fourth-order valence-corrected chi connectivity index (χ4v) is 2.10. The van der Waals surface area contributed by atoms with Crippen molar-refractivity contribution in [2.75, 3.05) is 25.1 Å². The molecule has 0 aliphatic carbocycles. The van der Waals surface area contributed by atoms with Gasteiger partial charge in [0.2, 0.25) is 0 Å². The van der Waals surface area contributed by atoms with Crippen LogP contribution in [-0.2, 0) is 0 Å². The highest BCUT2D eigenvalue weighted by Crippen LogP contribution is 2.17. The van der Waals surface area contributed by atoms with E-state index in [0.717, 1.165) is 13.0 Å². The Balaban J connectivity index is 1.79. The highest BCUT2D eigenvalue weighted by Gasteiger charge is 2.03. The molecular weight excluding hydrogens is 260 g/mol. The van der Waals surface area contributed by atoms with Crippen LogP contribution in [0.5, 0.6) is 5.75 Å². The van der Waals surface area contributed by atoms with Gasteiger partial charge in [0.1, 0.15) is 11.8 Å². The molecule has 0 N–H and O–H groups in total. The number of benzene rings is 2. The second-order valence-electron chi connectivity index (χ2n) is 5.07. The van der Waals surface area contributed by atoms with E-state index >= 15 is 0 Å². The number of hydrogen-bond acceptors (Lipinski definition) is 3. The van der Waals surface area contributed by atoms with Crippen molar-refractivity contribution in [1.29, 1.82) is 5.26 Å². The first-order valence-electron chi connectivity index (χ1n) is 7.10. The third kappa shape index (κ3) is 4.25. The summed E-state index contributed by atoms with van der Waals surface area (Å²) in [5.74, 6) is 0.665. The van der Waals surface area contributed by atoms with E-state index in [1.807, 2.05) is 18.2 Å². The third-order valence-electron chi connectivity index (χ3n) is 3.38. The molecule has 0 atom stereocenters. The highest BCUT2D eigenvalue weighted by molar-refractivity contribution is 5.46. The summed E-state index contributed by atoms with van der Waals surface area (Å²) in [7, 11) is 2.08. The molecule has 0 aliphatic heterocycles. The molecule has 3 heteroatoms. The lowest BCUT2D eigenvalue weighted by Gasteiger charge is -2.19. The van der Waals surface area contributed by atoms with Crippen LogP contribution in [-0.4, -0.2) is 20.2 Å². The number of aryl methyl sites for hydroxylation is 1. The molecule has 0 unspecified atom stereocenters. The van der Waals surface area contributed by atoms with Crippen molar-refractivity contribution in [3.63, 3.8) is 0 Å². The van der Waals surface area contributed by atoms with Crippen molar-refractivity contribution in [3.8, 4) is 11.8 Å². The minimum atomic E-state index is 0.587. The minimum Gasteiger partial charge on any atom is -0.492 e. The molecule has 0 bridgehead atoms. The van der Waals surface area contributed by atoms with Gasteiger partial charge in [-0.15, -0.1) is 0 Å². The molecule has 0 heterocycles. The smallest absolute Gasteiger partial charge is 0.137 e. The molecule has 3 nitrogen and oxygen atoms in total. The van der Waals surface area contributed by atoms with Crippen LogP contribution in [0.2, 0.25) is 0 Å². The number of para-hydroxylation sites is 1. The van der Waals surface area contributed by atoms with Gasteiger partial charge < -0.3 is 9.64 Å². The highest BCUT2D eigenvalue weighted by atomic mass is 16.5. The summed E-state index contributed by atoms with van der Waals surface area (Å²) < 4.78 is 5.68. The van der Waals surface area contributed by atoms with Crippen molar-refractivity contribution >= 4 is 5.69 Å². The summed E-state index contributed by atoms with van der Waals surface area (Å²) in [6, 6.07) is 18.0. The Labute approximate surface area is 126 Å². The first kappa shape index (κ1) is 14.9. The topological polar surface area (TPSA) is 36.3 Å². The predicted octanol–water partition coefficient (Wildman–Crippen LogP) is 3.77. The lowest BCUT2D eigenvalue weighted by Crippen LogP contribution is -2.20. The summed E-state index contributed by atoms with van der Waals surface area (Å²) in [5, 5.41) is 9.00. The zero-order valence-corrected chi connectivity index (χ0v) is 12.5. The number of anilines is 1. The first-order valence-corrected chi connectivity index (χ1v) is 7.10. The molecule has 0 spiro atoms. The summed E-state index contributed by atoms with van der Waals surface area (Å²) in [6.45, 7) is 3.61. The zero-order chi connectivity index (χ0) is 15.1. The van der Waals surface area contributed by atoms with Crippen LogP contribution >= 0.6 is 0 Å². The Bertz CT molecular complexity index is 614. The van der Waals surface area contributed by atoms with E-state index in [0.29, 0.717) is 17.9 Å². The molecule has 2 rings (SSSR count). The normalized spacial score (nSPS) is 9.95. The summed E-state index contributed by atoms with van der Waals surface area (Å²) in [6.07, 6.45) is 0.907. The molecule has 0 aliphatic rings. The molecular formula is C18H20N2O. The number of nitriles is 1. The number of rotatable bonds is 6. The van der Waals surface area contributed by atoms with Gasteiger partial charge in [-0.1, -0.05) is 29.8 Å². The standard InChI is InChI=1S/C18H20N2O/c1-15-8-10-17(11-9-15)20(2)12-5-13-21-18-7-4-3-6-16(18)14-19/h3-4,6-11H,5,12-13H2,1-2H3. The zero-order valence-electron chi connectivity index (χ0n) is 12.5. The van der Waals surface area contributed by atoms with E-state index in [9.17, 15) is 0 Å². The lowest BCUT2D eigenvalue weighted by atomic mass is 10.2. The second-order valence-corrected chi connectivity index (χ2v) is 5.07. The van der Waals surface area contributed by atoms with Gasteiger partial charge in [-0.05, 0) is 37.6 Å². The van der Waals surface area contributed by atoms with E-state index in [1.165, 1.54) is 11.3 Å². The molecule has 21 heavy (non-hydrogen) atoms. The van der Waals surface area contributed by atoms with Crippen molar-refractivity contribution in [1.82, 2.24) is 0 Å². The van der Waals surface area contributed by atoms with E-state index in [-0.39, 0.29) is 0 Å². The van der Waals surface area contributed by atoms with Gasteiger partial charge >= 0.3 is 0 Å². The predicted molar refractivity (Wildman–Crippen MR) is 85.7 cm³/mol. The van der Waals surface area contributed by atoms with Gasteiger partial charge in [0.05, 0.1) is 12.2 Å². The van der Waals surface area contributed by atoms with Crippen LogP contribution < -0.4 is 9.64 Å². The molecule has 0 saturated heterocycles. The van der Waals surface area contributed by atoms with Gasteiger partial charge in [0, 0.05) is 19.3 Å². The van der Waals surface area contributed by atoms with Crippen LogP contribution in [0.15, 0.2) is 48.5 Å². The first-order chi connectivity index (χ1) is 10.2. The van der Waals surface area contributed by atoms with Gasteiger partial charge in [-0.3, -0.25) is 0 Å². The van der Waals surface area contributed by atoms with Crippen molar-refractivity contribution < 1.29 is 4.74 Å². The molecule has 2 aromatic rings. The number of hydrogen-bond donors (Lipinski definition) is 0. The van der Waals surface area contributed by atoms with E-state index < -0.39 is 0 Å². The maximum absolute atomic E-state index is 9.00. The lowest BCUT2D eigenvalue weighted by molar-refractivity contribution is 0.311. The van der Waals surface area contributed by atoms with Crippen LogP contribution in [0.1, 0.15) is 17.5 Å². The summed E-state index contributed by atoms with van der Waals surface area (Å²) in [4.78, 5) is 2.21. The Morgan fingerprint density at radius 1 is 1.10 bits per heavy atom. The molecule has 0 fully saturated rings. The molecule has 0 radical (unpaired) electrons. The van der Waals surface area contributed by atoms with Crippen LogP contribution in [0.4, 0.5) is 5.69 Å². The fraction of sp³-hybridized carbons (Fsp3) is 0.278. The Morgan fingerprint density at radius 3 is 2.52 bits per heavy atom. The van der Waals surface area contributed by atoms with Gasteiger partial charge in [0.25, 0.3) is 0 Å². The average molecular weight is 280 g/mol. The van der Waals surface area contributed by atoms with Gasteiger partial charge in [-0.25, -0.2) is 0 Å². The Morgan fingerprint density at radius 2 is 1.81 bits per heavy atom. The van der Waals surface area contributed by atoms with Gasteiger partial charge in [0.15, 0.2) is 0 Å². The minimum absolute atomic E-state index is 0.587. The second kappa shape index (κ2) is 7.35. The molecule has 108 valence electrons. The molecule has 0 aromatic heterocycles. The summed E-state index contributed by atoms with van der Waals surface area (Å²) in [5.41, 5.74) is 3.06. The molecule has 2 aromatic carbocycles.